The van der Waals surface area contributed by atoms with Crippen molar-refractivity contribution in [3.05, 3.63) is 101 Å². The predicted octanol–water partition coefficient (Wildman–Crippen LogP) is 8.07. The lowest BCUT2D eigenvalue weighted by atomic mass is 10.00. The second kappa shape index (κ2) is 12.2. The highest BCUT2D eigenvalue weighted by Crippen LogP contribution is 2.32. The summed E-state index contributed by atoms with van der Waals surface area (Å²) in [7, 11) is 0. The van der Waals surface area contributed by atoms with Crippen LogP contribution in [0.25, 0.3) is 33.0 Å². The van der Waals surface area contributed by atoms with Crippen LogP contribution in [0.5, 0.6) is 11.5 Å². The molecule has 0 saturated carbocycles. The van der Waals surface area contributed by atoms with E-state index >= 15 is 0 Å². The number of rotatable bonds is 11. The fourth-order valence-electron chi connectivity index (χ4n) is 4.37. The predicted molar refractivity (Wildman–Crippen MR) is 158 cm³/mol. The van der Waals surface area contributed by atoms with E-state index in [1.807, 2.05) is 68.4 Å². The zero-order valence-corrected chi connectivity index (χ0v) is 23.5. The molecule has 2 heterocycles. The lowest BCUT2D eigenvalue weighted by Crippen LogP contribution is -2.18. The van der Waals surface area contributed by atoms with Crippen LogP contribution in [0.4, 0.5) is 0 Å². The number of thiophene rings is 1. The molecule has 0 saturated heterocycles. The molecule has 0 bridgehead atoms. The van der Waals surface area contributed by atoms with Crippen LogP contribution in [0, 0.1) is 19.8 Å². The number of aromatic nitrogens is 1. The van der Waals surface area contributed by atoms with Crippen LogP contribution in [0.15, 0.2) is 88.7 Å². The number of carboxylic acid groups (broad SMARTS) is 1. The Morgan fingerprint density at radius 3 is 2.35 bits per heavy atom. The Morgan fingerprint density at radius 2 is 1.65 bits per heavy atom. The minimum absolute atomic E-state index is 0.126. The number of carbonyl (C=O) groups is 1. The highest BCUT2D eigenvalue weighted by molar-refractivity contribution is 7.13. The monoisotopic (exact) mass is 553 g/mol. The molecule has 1 unspecified atom stereocenters. The Kier molecular flexibility index (Phi) is 8.31. The van der Waals surface area contributed by atoms with Crippen LogP contribution >= 0.6 is 11.3 Å². The molecule has 0 aliphatic carbocycles. The van der Waals surface area contributed by atoms with Crippen molar-refractivity contribution >= 4 is 17.3 Å². The molecule has 204 valence electrons. The van der Waals surface area contributed by atoms with Crippen LogP contribution in [0.3, 0.4) is 0 Å². The van der Waals surface area contributed by atoms with Gasteiger partial charge in [-0.25, -0.2) is 4.98 Å². The van der Waals surface area contributed by atoms with Gasteiger partial charge in [-0.2, -0.15) is 0 Å². The first-order valence-electron chi connectivity index (χ1n) is 13.2. The van der Waals surface area contributed by atoms with E-state index in [0.717, 1.165) is 39.5 Å². The SMILES string of the molecule is Cc1oc(-c2ccc(-c3cccs3)cc2)nc1CCOc1ccc(-c2cccc(OCC(C)C(=O)O)c2C)cc1. The van der Waals surface area contributed by atoms with Gasteiger partial charge < -0.3 is 19.0 Å². The summed E-state index contributed by atoms with van der Waals surface area (Å²) in [6, 6.07) is 26.2. The number of hydrogen-bond donors (Lipinski definition) is 1. The van der Waals surface area contributed by atoms with Gasteiger partial charge in [-0.1, -0.05) is 42.5 Å². The van der Waals surface area contributed by atoms with Crippen LogP contribution in [0.1, 0.15) is 23.9 Å². The third kappa shape index (κ3) is 6.26. The van der Waals surface area contributed by atoms with Gasteiger partial charge in [0, 0.05) is 16.9 Å². The topological polar surface area (TPSA) is 81.8 Å². The van der Waals surface area contributed by atoms with Gasteiger partial charge in [0.2, 0.25) is 5.89 Å². The molecule has 0 aliphatic rings. The molecule has 0 radical (unpaired) electrons. The van der Waals surface area contributed by atoms with E-state index < -0.39 is 11.9 Å². The first-order valence-corrected chi connectivity index (χ1v) is 14.1. The molecular formula is C33H31NO5S. The molecule has 1 atom stereocenters. The number of carboxylic acids is 1. The lowest BCUT2D eigenvalue weighted by Gasteiger charge is -2.15. The van der Waals surface area contributed by atoms with E-state index in [2.05, 4.69) is 29.6 Å². The third-order valence-electron chi connectivity index (χ3n) is 6.80. The molecule has 6 nitrogen and oxygen atoms in total. The van der Waals surface area contributed by atoms with Crippen LogP contribution in [0.2, 0.25) is 0 Å². The fourth-order valence-corrected chi connectivity index (χ4v) is 5.10. The number of aryl methyl sites for hydroxylation is 1. The Labute approximate surface area is 237 Å². The average Bonchev–Trinajstić information content (AvgIpc) is 3.63. The van der Waals surface area contributed by atoms with Crippen molar-refractivity contribution in [3.63, 3.8) is 0 Å². The molecule has 3 aromatic carbocycles. The summed E-state index contributed by atoms with van der Waals surface area (Å²) in [4.78, 5) is 17.1. The summed E-state index contributed by atoms with van der Waals surface area (Å²) >= 11 is 1.72. The van der Waals surface area contributed by atoms with Gasteiger partial charge in [0.05, 0.1) is 18.2 Å². The highest BCUT2D eigenvalue weighted by atomic mass is 32.1. The van der Waals surface area contributed by atoms with Crippen molar-refractivity contribution in [1.29, 1.82) is 0 Å². The first-order chi connectivity index (χ1) is 19.4. The van der Waals surface area contributed by atoms with Crippen LogP contribution in [-0.2, 0) is 11.2 Å². The minimum atomic E-state index is -0.872. The van der Waals surface area contributed by atoms with Gasteiger partial charge >= 0.3 is 5.97 Å². The summed E-state index contributed by atoms with van der Waals surface area (Å²) in [6.45, 7) is 6.15. The smallest absolute Gasteiger partial charge is 0.309 e. The number of hydrogen-bond acceptors (Lipinski definition) is 6. The standard InChI is InChI=1S/C33H31NO5S/c1-21(33(35)36)20-38-30-7-4-6-28(22(30)2)24-13-15-27(16-14-24)37-18-17-29-23(3)39-32(34-29)26-11-9-25(10-12-26)31-8-5-19-40-31/h4-16,19,21H,17-18,20H2,1-3H3,(H,35,36). The number of oxazole rings is 1. The molecule has 40 heavy (non-hydrogen) atoms. The summed E-state index contributed by atoms with van der Waals surface area (Å²) in [5, 5.41) is 11.2. The van der Waals surface area contributed by atoms with Crippen molar-refractivity contribution < 1.29 is 23.8 Å². The Morgan fingerprint density at radius 1 is 0.925 bits per heavy atom. The van der Waals surface area contributed by atoms with Crippen molar-refractivity contribution in [2.24, 2.45) is 5.92 Å². The second-order valence-corrected chi connectivity index (χ2v) is 10.6. The number of aliphatic carboxylic acids is 1. The lowest BCUT2D eigenvalue weighted by molar-refractivity contribution is -0.142. The molecule has 0 amide bonds. The maximum atomic E-state index is 11.1. The third-order valence-corrected chi connectivity index (χ3v) is 7.72. The summed E-state index contributed by atoms with van der Waals surface area (Å²) in [6.07, 6.45) is 0.637. The number of ether oxygens (including phenoxy) is 2. The van der Waals surface area contributed by atoms with E-state index in [4.69, 9.17) is 24.0 Å². The Bertz CT molecular complexity index is 1570. The molecular weight excluding hydrogens is 522 g/mol. The maximum Gasteiger partial charge on any atom is 0.309 e. The molecule has 2 aromatic heterocycles. The Hall–Kier alpha value is -4.36. The number of nitrogens with zero attached hydrogens (tertiary/aromatic N) is 1. The molecule has 5 aromatic rings. The average molecular weight is 554 g/mol. The van der Waals surface area contributed by atoms with Gasteiger partial charge in [0.15, 0.2) is 0 Å². The fraction of sp³-hybridized carbons (Fsp3) is 0.212. The van der Waals surface area contributed by atoms with E-state index in [0.29, 0.717) is 24.7 Å². The van der Waals surface area contributed by atoms with Crippen molar-refractivity contribution in [2.75, 3.05) is 13.2 Å². The zero-order valence-electron chi connectivity index (χ0n) is 22.7. The van der Waals surface area contributed by atoms with Crippen molar-refractivity contribution in [1.82, 2.24) is 4.98 Å². The number of benzene rings is 3. The molecule has 0 spiro atoms. The minimum Gasteiger partial charge on any atom is -0.493 e. The van der Waals surface area contributed by atoms with E-state index in [9.17, 15) is 4.79 Å². The Balaban J connectivity index is 1.18. The largest absolute Gasteiger partial charge is 0.493 e. The van der Waals surface area contributed by atoms with E-state index in [1.54, 1.807) is 18.3 Å². The van der Waals surface area contributed by atoms with Crippen LogP contribution in [-0.4, -0.2) is 29.3 Å². The van der Waals surface area contributed by atoms with Gasteiger partial charge in [0.25, 0.3) is 0 Å². The molecule has 0 aliphatic heterocycles. The van der Waals surface area contributed by atoms with Gasteiger partial charge in [-0.3, -0.25) is 4.79 Å². The normalized spacial score (nSPS) is 11.8. The highest BCUT2D eigenvalue weighted by Gasteiger charge is 2.15. The zero-order chi connectivity index (χ0) is 28.1. The quantitative estimate of drug-likeness (QED) is 0.178. The summed E-state index contributed by atoms with van der Waals surface area (Å²) < 4.78 is 17.7. The van der Waals surface area contributed by atoms with E-state index in [-0.39, 0.29) is 6.61 Å². The van der Waals surface area contributed by atoms with Crippen molar-refractivity contribution in [2.45, 2.75) is 27.2 Å². The molecule has 7 heteroatoms. The van der Waals surface area contributed by atoms with E-state index in [1.165, 1.54) is 10.4 Å². The van der Waals surface area contributed by atoms with Gasteiger partial charge in [0.1, 0.15) is 23.9 Å². The van der Waals surface area contributed by atoms with Gasteiger partial charge in [-0.15, -0.1) is 11.3 Å². The summed E-state index contributed by atoms with van der Waals surface area (Å²) in [5.41, 5.74) is 6.05. The van der Waals surface area contributed by atoms with Crippen molar-refractivity contribution in [3.8, 4) is 44.5 Å². The van der Waals surface area contributed by atoms with Crippen LogP contribution < -0.4 is 9.47 Å². The molecule has 1 N–H and O–H groups in total. The molecule has 5 rings (SSSR count). The van der Waals surface area contributed by atoms with Gasteiger partial charge in [-0.05, 0) is 84.8 Å². The maximum absolute atomic E-state index is 11.1. The summed E-state index contributed by atoms with van der Waals surface area (Å²) in [5.74, 6) is 1.43. The molecule has 0 fully saturated rings. The first kappa shape index (κ1) is 27.2. The second-order valence-electron chi connectivity index (χ2n) is 9.68.